The van der Waals surface area contributed by atoms with E-state index in [1.165, 1.54) is 12.0 Å². The Kier molecular flexibility index (Phi) is 5.53. The molecule has 1 aromatic carbocycles. The Balaban J connectivity index is 1.39. The lowest BCUT2D eigenvalue weighted by Gasteiger charge is -2.26. The summed E-state index contributed by atoms with van der Waals surface area (Å²) in [5.41, 5.74) is 1.17. The zero-order valence-electron chi connectivity index (χ0n) is 15.1. The van der Waals surface area contributed by atoms with Gasteiger partial charge in [-0.2, -0.15) is 0 Å². The van der Waals surface area contributed by atoms with E-state index in [9.17, 15) is 4.79 Å². The first kappa shape index (κ1) is 18.2. The largest absolute Gasteiger partial charge is 0.490 e. The van der Waals surface area contributed by atoms with Gasteiger partial charge in [-0.05, 0) is 68.4 Å². The first-order chi connectivity index (χ1) is 13.2. The first-order valence-corrected chi connectivity index (χ1v) is 10.3. The van der Waals surface area contributed by atoms with Crippen LogP contribution in [0.15, 0.2) is 46.3 Å². The van der Waals surface area contributed by atoms with Crippen LogP contribution in [-0.4, -0.2) is 28.3 Å². The molecule has 1 unspecified atom stereocenters. The molecule has 5 nitrogen and oxygen atoms in total. The fourth-order valence-electron chi connectivity index (χ4n) is 3.27. The Morgan fingerprint density at radius 2 is 2.15 bits per heavy atom. The smallest absolute Gasteiger partial charge is 0.303 e. The lowest BCUT2D eigenvalue weighted by Crippen LogP contribution is -2.24. The molecule has 0 spiro atoms. The molecule has 27 heavy (non-hydrogen) atoms. The molecule has 2 aliphatic rings. The summed E-state index contributed by atoms with van der Waals surface area (Å²) in [6, 6.07) is 12.1. The van der Waals surface area contributed by atoms with Gasteiger partial charge in [-0.15, -0.1) is 0 Å². The van der Waals surface area contributed by atoms with Crippen LogP contribution in [0.2, 0.25) is 0 Å². The van der Waals surface area contributed by atoms with E-state index in [2.05, 4.69) is 11.1 Å². The summed E-state index contributed by atoms with van der Waals surface area (Å²) in [5, 5.41) is 9.75. The average Bonchev–Trinajstić information content (AvgIpc) is 2.63. The van der Waals surface area contributed by atoms with Crippen molar-refractivity contribution in [3.05, 3.63) is 42.0 Å². The van der Waals surface area contributed by atoms with Crippen LogP contribution in [0.1, 0.15) is 44.1 Å². The molecule has 1 aromatic heterocycles. The number of rotatable bonds is 7. The van der Waals surface area contributed by atoms with Crippen molar-refractivity contribution in [2.75, 3.05) is 0 Å². The Bertz CT molecular complexity index is 822. The third-order valence-corrected chi connectivity index (χ3v) is 5.93. The molecule has 1 saturated carbocycles. The molecular weight excluding hydrogens is 362 g/mol. The van der Waals surface area contributed by atoms with Crippen LogP contribution in [-0.2, 0) is 11.2 Å². The molecule has 0 bridgehead atoms. The van der Waals surface area contributed by atoms with Crippen molar-refractivity contribution in [3.8, 4) is 11.6 Å². The molecule has 6 heteroatoms. The number of aryl methyl sites for hydroxylation is 1. The minimum absolute atomic E-state index is 0.00546. The number of carboxylic acids is 1. The number of aromatic nitrogens is 1. The number of fused-ring (bicyclic) bond motifs is 1. The number of carbonyl (C=O) groups is 1. The van der Waals surface area contributed by atoms with Gasteiger partial charge in [-0.1, -0.05) is 17.8 Å². The molecular formula is C21H23NO4S. The van der Waals surface area contributed by atoms with E-state index in [-0.39, 0.29) is 12.5 Å². The van der Waals surface area contributed by atoms with Gasteiger partial charge in [0.2, 0.25) is 5.88 Å². The normalized spacial score (nSPS) is 18.9. The van der Waals surface area contributed by atoms with E-state index in [0.29, 0.717) is 18.4 Å². The summed E-state index contributed by atoms with van der Waals surface area (Å²) in [4.78, 5) is 16.5. The molecule has 1 aliphatic carbocycles. The highest BCUT2D eigenvalue weighted by Gasteiger charge is 2.21. The topological polar surface area (TPSA) is 68.7 Å². The Morgan fingerprint density at radius 1 is 1.26 bits per heavy atom. The highest BCUT2D eigenvalue weighted by molar-refractivity contribution is 7.99. The number of hydrogen-bond donors (Lipinski definition) is 1. The second kappa shape index (κ2) is 8.21. The van der Waals surface area contributed by atoms with Crippen LogP contribution >= 0.6 is 11.8 Å². The second-order valence-electron chi connectivity index (χ2n) is 7.07. The first-order valence-electron chi connectivity index (χ1n) is 9.48. The Labute approximate surface area is 163 Å². The quantitative estimate of drug-likeness (QED) is 0.744. The summed E-state index contributed by atoms with van der Waals surface area (Å²) >= 11 is 1.62. The lowest BCUT2D eigenvalue weighted by atomic mass is 9.96. The summed E-state index contributed by atoms with van der Waals surface area (Å²) in [5.74, 6) is 0.801. The van der Waals surface area contributed by atoms with Gasteiger partial charge in [0.05, 0.1) is 6.10 Å². The number of carboxylic acid groups (broad SMARTS) is 1. The van der Waals surface area contributed by atoms with Gasteiger partial charge in [-0.3, -0.25) is 4.79 Å². The predicted octanol–water partition coefficient (Wildman–Crippen LogP) is 4.72. The molecule has 0 radical (unpaired) electrons. The maximum absolute atomic E-state index is 10.7. The summed E-state index contributed by atoms with van der Waals surface area (Å²) < 4.78 is 11.8. The van der Waals surface area contributed by atoms with Crippen LogP contribution in [0.3, 0.4) is 0 Å². The standard InChI is InChI=1S/C21H23NO4S/c23-21(24)12-9-16-8-7-14-13-17(10-11-18(14)25-16)27-20-6-2-5-19(22-20)26-15-3-1-4-15/h2,5-6,10-11,13,15-16H,1,3-4,7-9,12H2,(H,23,24). The van der Waals surface area contributed by atoms with E-state index in [0.717, 1.165) is 41.4 Å². The number of pyridine rings is 1. The van der Waals surface area contributed by atoms with Gasteiger partial charge >= 0.3 is 5.97 Å². The predicted molar refractivity (Wildman–Crippen MR) is 103 cm³/mol. The van der Waals surface area contributed by atoms with Crippen molar-refractivity contribution in [3.63, 3.8) is 0 Å². The van der Waals surface area contributed by atoms with E-state index >= 15 is 0 Å². The second-order valence-corrected chi connectivity index (χ2v) is 8.16. The monoisotopic (exact) mass is 385 g/mol. The van der Waals surface area contributed by atoms with Crippen molar-refractivity contribution in [1.82, 2.24) is 4.98 Å². The number of nitrogens with zero attached hydrogens (tertiary/aromatic N) is 1. The van der Waals surface area contributed by atoms with E-state index < -0.39 is 5.97 Å². The van der Waals surface area contributed by atoms with E-state index in [1.807, 2.05) is 30.3 Å². The fourth-order valence-corrected chi connectivity index (χ4v) is 4.13. The van der Waals surface area contributed by atoms with Gasteiger partial charge < -0.3 is 14.6 Å². The third kappa shape index (κ3) is 4.75. The highest BCUT2D eigenvalue weighted by Crippen LogP contribution is 2.35. The van der Waals surface area contributed by atoms with Gasteiger partial charge in [0, 0.05) is 17.4 Å². The number of ether oxygens (including phenoxy) is 2. The number of benzene rings is 1. The molecule has 0 amide bonds. The van der Waals surface area contributed by atoms with Crippen molar-refractivity contribution in [2.24, 2.45) is 0 Å². The van der Waals surface area contributed by atoms with Crippen LogP contribution in [0.25, 0.3) is 0 Å². The third-order valence-electron chi connectivity index (χ3n) is 5.00. The maximum atomic E-state index is 10.7. The number of aliphatic carboxylic acids is 1. The Morgan fingerprint density at radius 3 is 2.93 bits per heavy atom. The van der Waals surface area contributed by atoms with Gasteiger partial charge in [-0.25, -0.2) is 4.98 Å². The average molecular weight is 385 g/mol. The molecule has 0 saturated heterocycles. The molecule has 1 atom stereocenters. The van der Waals surface area contributed by atoms with Crippen molar-refractivity contribution < 1.29 is 19.4 Å². The molecule has 2 heterocycles. The molecule has 2 aromatic rings. The van der Waals surface area contributed by atoms with Crippen LogP contribution in [0.5, 0.6) is 11.6 Å². The molecule has 4 rings (SSSR count). The molecule has 1 N–H and O–H groups in total. The Hall–Kier alpha value is -2.21. The fraction of sp³-hybridized carbons (Fsp3) is 0.429. The molecule has 1 fully saturated rings. The van der Waals surface area contributed by atoms with E-state index in [4.69, 9.17) is 14.6 Å². The van der Waals surface area contributed by atoms with Crippen LogP contribution in [0.4, 0.5) is 0 Å². The summed E-state index contributed by atoms with van der Waals surface area (Å²) in [7, 11) is 0. The maximum Gasteiger partial charge on any atom is 0.303 e. The summed E-state index contributed by atoms with van der Waals surface area (Å²) in [6.45, 7) is 0. The zero-order valence-corrected chi connectivity index (χ0v) is 15.9. The molecule has 1 aliphatic heterocycles. The van der Waals surface area contributed by atoms with Gasteiger partial charge in [0.25, 0.3) is 0 Å². The number of hydrogen-bond acceptors (Lipinski definition) is 5. The highest BCUT2D eigenvalue weighted by atomic mass is 32.2. The minimum atomic E-state index is -0.771. The van der Waals surface area contributed by atoms with Gasteiger partial charge in [0.1, 0.15) is 16.9 Å². The minimum Gasteiger partial charge on any atom is -0.490 e. The SMILES string of the molecule is O=C(O)CCC1CCc2cc(Sc3cccc(OC4CCC4)n3)ccc2O1. The van der Waals surface area contributed by atoms with E-state index in [1.54, 1.807) is 11.8 Å². The molecule has 142 valence electrons. The lowest BCUT2D eigenvalue weighted by molar-refractivity contribution is -0.137. The van der Waals surface area contributed by atoms with Crippen LogP contribution in [0, 0.1) is 0 Å². The van der Waals surface area contributed by atoms with Crippen molar-refractivity contribution >= 4 is 17.7 Å². The van der Waals surface area contributed by atoms with Crippen molar-refractivity contribution in [2.45, 2.75) is 67.1 Å². The van der Waals surface area contributed by atoms with Crippen LogP contribution < -0.4 is 9.47 Å². The van der Waals surface area contributed by atoms with Crippen molar-refractivity contribution in [1.29, 1.82) is 0 Å². The van der Waals surface area contributed by atoms with Gasteiger partial charge in [0.15, 0.2) is 0 Å². The zero-order chi connectivity index (χ0) is 18.6. The summed E-state index contributed by atoms with van der Waals surface area (Å²) in [6.07, 6.45) is 6.29.